The third-order valence-electron chi connectivity index (χ3n) is 5.72. The first kappa shape index (κ1) is 16.7. The summed E-state index contributed by atoms with van der Waals surface area (Å²) in [5.74, 6) is 0. The van der Waals surface area contributed by atoms with Crippen molar-refractivity contribution in [2.24, 2.45) is 0 Å². The molecule has 0 radical (unpaired) electrons. The Morgan fingerprint density at radius 1 is 0.364 bits per heavy atom. The van der Waals surface area contributed by atoms with Crippen LogP contribution >= 0.6 is 0 Å². The van der Waals surface area contributed by atoms with Crippen LogP contribution in [0.1, 0.15) is 12.8 Å². The zero-order valence-corrected chi connectivity index (χ0v) is 14.5. The van der Waals surface area contributed by atoms with E-state index in [0.29, 0.717) is 0 Å². The van der Waals surface area contributed by atoms with E-state index in [0.717, 1.165) is 0 Å². The van der Waals surface area contributed by atoms with Crippen LogP contribution in [0.15, 0.2) is 0 Å². The second-order valence-electron chi connectivity index (χ2n) is 7.38. The SMILES string of the molecule is CN1CCN2CCCCN(CC1)CCN1CCN(CC2)CC1. The maximum atomic E-state index is 2.71. The van der Waals surface area contributed by atoms with E-state index < -0.39 is 0 Å². The molecule has 4 bridgehead atoms. The average molecular weight is 310 g/mol. The van der Waals surface area contributed by atoms with E-state index in [1.54, 1.807) is 0 Å². The lowest BCUT2D eigenvalue weighted by atomic mass is 10.2. The maximum Gasteiger partial charge on any atom is 0.0110 e. The Labute approximate surface area is 136 Å². The summed E-state index contributed by atoms with van der Waals surface area (Å²) >= 11 is 0. The standard InChI is InChI=1S/C17H35N5/c1-18-6-8-19-4-2-3-5-20(9-7-18)11-13-22-16-14-21(12-10-19)15-17-22/h2-17H2,1H3. The topological polar surface area (TPSA) is 16.2 Å². The van der Waals surface area contributed by atoms with Gasteiger partial charge < -0.3 is 14.7 Å². The number of hydrogen-bond donors (Lipinski definition) is 0. The summed E-state index contributed by atoms with van der Waals surface area (Å²) in [6, 6.07) is 0. The lowest BCUT2D eigenvalue weighted by molar-refractivity contribution is 0.105. The van der Waals surface area contributed by atoms with Crippen molar-refractivity contribution in [3.05, 3.63) is 0 Å². The lowest BCUT2D eigenvalue weighted by Crippen LogP contribution is -2.50. The molecule has 4 saturated heterocycles. The van der Waals surface area contributed by atoms with Crippen LogP contribution in [0, 0.1) is 0 Å². The van der Waals surface area contributed by atoms with Crippen molar-refractivity contribution in [3.63, 3.8) is 0 Å². The molecule has 4 rings (SSSR count). The van der Waals surface area contributed by atoms with Gasteiger partial charge in [-0.05, 0) is 33.0 Å². The fraction of sp³-hybridized carbons (Fsp3) is 1.00. The summed E-state index contributed by atoms with van der Waals surface area (Å²) < 4.78 is 0. The van der Waals surface area contributed by atoms with Gasteiger partial charge in [0.25, 0.3) is 0 Å². The summed E-state index contributed by atoms with van der Waals surface area (Å²) in [5.41, 5.74) is 0. The Hall–Kier alpha value is -0.200. The fourth-order valence-corrected chi connectivity index (χ4v) is 3.88. The molecule has 5 nitrogen and oxygen atoms in total. The Kier molecular flexibility index (Phi) is 6.51. The number of piperazine rings is 1. The van der Waals surface area contributed by atoms with Crippen molar-refractivity contribution in [2.75, 3.05) is 98.7 Å². The minimum Gasteiger partial charge on any atom is -0.304 e. The van der Waals surface area contributed by atoms with Crippen LogP contribution < -0.4 is 0 Å². The molecule has 128 valence electrons. The second kappa shape index (κ2) is 8.60. The molecule has 5 heteroatoms. The number of fused-ring (bicyclic) bond motifs is 4. The molecule has 0 aromatic rings. The molecule has 0 aromatic carbocycles. The predicted octanol–water partition coefficient (Wildman–Crippen LogP) is -0.0528. The van der Waals surface area contributed by atoms with Gasteiger partial charge in [-0.3, -0.25) is 9.80 Å². The molecule has 4 fully saturated rings. The van der Waals surface area contributed by atoms with Crippen molar-refractivity contribution in [1.29, 1.82) is 0 Å². The Morgan fingerprint density at radius 3 is 1.00 bits per heavy atom. The number of nitrogens with zero attached hydrogens (tertiary/aromatic N) is 5. The highest BCUT2D eigenvalue weighted by Gasteiger charge is 2.20. The molecular formula is C17H35N5. The predicted molar refractivity (Wildman–Crippen MR) is 92.5 cm³/mol. The molecule has 4 aliphatic heterocycles. The van der Waals surface area contributed by atoms with Crippen molar-refractivity contribution in [1.82, 2.24) is 24.5 Å². The van der Waals surface area contributed by atoms with Gasteiger partial charge in [-0.2, -0.15) is 0 Å². The number of likely N-dealkylation sites (N-methyl/N-ethyl adjacent to an activating group) is 1. The monoisotopic (exact) mass is 309 g/mol. The zero-order valence-electron chi connectivity index (χ0n) is 14.5. The van der Waals surface area contributed by atoms with Gasteiger partial charge in [0.05, 0.1) is 0 Å². The van der Waals surface area contributed by atoms with Gasteiger partial charge in [0, 0.05) is 78.5 Å². The van der Waals surface area contributed by atoms with Crippen LogP contribution in [0.25, 0.3) is 0 Å². The van der Waals surface area contributed by atoms with Gasteiger partial charge in [-0.25, -0.2) is 0 Å². The molecule has 2 unspecified atom stereocenters. The van der Waals surface area contributed by atoms with Crippen LogP contribution in [-0.4, -0.2) is 123 Å². The van der Waals surface area contributed by atoms with Gasteiger partial charge in [0.2, 0.25) is 0 Å². The highest BCUT2D eigenvalue weighted by atomic mass is 15.3. The van der Waals surface area contributed by atoms with Gasteiger partial charge >= 0.3 is 0 Å². The Morgan fingerprint density at radius 2 is 0.636 bits per heavy atom. The summed E-state index contributed by atoms with van der Waals surface area (Å²) in [4.78, 5) is 13.3. The first-order valence-electron chi connectivity index (χ1n) is 9.37. The molecule has 0 amide bonds. The van der Waals surface area contributed by atoms with E-state index in [4.69, 9.17) is 0 Å². The molecular weight excluding hydrogens is 274 g/mol. The van der Waals surface area contributed by atoms with Gasteiger partial charge in [0.1, 0.15) is 0 Å². The summed E-state index contributed by atoms with van der Waals surface area (Å²) in [6.07, 6.45) is 2.73. The molecule has 4 heterocycles. The number of rotatable bonds is 0. The molecule has 0 aromatic heterocycles. The average Bonchev–Trinajstić information content (AvgIpc) is 2.59. The van der Waals surface area contributed by atoms with E-state index in [1.807, 2.05) is 0 Å². The van der Waals surface area contributed by atoms with Gasteiger partial charge in [0.15, 0.2) is 0 Å². The molecule has 0 N–H and O–H groups in total. The fourth-order valence-electron chi connectivity index (χ4n) is 3.88. The molecule has 0 saturated carbocycles. The number of hydrogen-bond acceptors (Lipinski definition) is 5. The molecule has 22 heavy (non-hydrogen) atoms. The largest absolute Gasteiger partial charge is 0.304 e. The van der Waals surface area contributed by atoms with Crippen LogP contribution in [-0.2, 0) is 0 Å². The van der Waals surface area contributed by atoms with E-state index in [9.17, 15) is 0 Å². The van der Waals surface area contributed by atoms with Crippen LogP contribution in [0.4, 0.5) is 0 Å². The van der Waals surface area contributed by atoms with E-state index in [2.05, 4.69) is 31.5 Å². The van der Waals surface area contributed by atoms with Crippen molar-refractivity contribution in [2.45, 2.75) is 12.8 Å². The first-order valence-corrected chi connectivity index (χ1v) is 9.37. The normalized spacial score (nSPS) is 39.7. The molecule has 4 aliphatic rings. The van der Waals surface area contributed by atoms with E-state index in [-0.39, 0.29) is 0 Å². The van der Waals surface area contributed by atoms with Crippen molar-refractivity contribution in [3.8, 4) is 0 Å². The third kappa shape index (κ3) is 5.17. The Bertz CT molecular complexity index is 286. The van der Waals surface area contributed by atoms with Gasteiger partial charge in [-0.1, -0.05) is 0 Å². The second-order valence-corrected chi connectivity index (χ2v) is 7.38. The van der Waals surface area contributed by atoms with Crippen LogP contribution in [0.2, 0.25) is 0 Å². The summed E-state index contributed by atoms with van der Waals surface area (Å²) in [7, 11) is 2.29. The van der Waals surface area contributed by atoms with E-state index >= 15 is 0 Å². The van der Waals surface area contributed by atoms with Crippen molar-refractivity contribution >= 4 is 0 Å². The molecule has 2 atom stereocenters. The zero-order chi connectivity index (χ0) is 15.2. The first-order chi connectivity index (χ1) is 10.8. The van der Waals surface area contributed by atoms with Gasteiger partial charge in [-0.15, -0.1) is 0 Å². The third-order valence-corrected chi connectivity index (χ3v) is 5.72. The highest BCUT2D eigenvalue weighted by molar-refractivity contribution is 4.76. The van der Waals surface area contributed by atoms with Crippen molar-refractivity contribution < 1.29 is 0 Å². The minimum atomic E-state index is 1.22. The summed E-state index contributed by atoms with van der Waals surface area (Å²) in [6.45, 7) is 17.7. The summed E-state index contributed by atoms with van der Waals surface area (Å²) in [5, 5.41) is 0. The molecule has 0 spiro atoms. The Balaban J connectivity index is 1.67. The quantitative estimate of drug-likeness (QED) is 0.622. The van der Waals surface area contributed by atoms with Crippen LogP contribution in [0.5, 0.6) is 0 Å². The maximum absolute atomic E-state index is 2.71. The highest BCUT2D eigenvalue weighted by Crippen LogP contribution is 2.07. The van der Waals surface area contributed by atoms with E-state index in [1.165, 1.54) is 104 Å². The smallest absolute Gasteiger partial charge is 0.0110 e. The lowest BCUT2D eigenvalue weighted by Gasteiger charge is -2.37. The minimum absolute atomic E-state index is 1.22. The molecule has 0 aliphatic carbocycles. The van der Waals surface area contributed by atoms with Crippen LogP contribution in [0.3, 0.4) is 0 Å².